The number of β-amino-alcohol motifs (C(OH)–C–C–N with tert-alkyl or cyclic N) is 1. The van der Waals surface area contributed by atoms with Crippen molar-refractivity contribution in [2.75, 3.05) is 19.8 Å². The minimum Gasteiger partial charge on any atom is -0.504 e. The zero-order valence-electron chi connectivity index (χ0n) is 15.2. The molecule has 7 heteroatoms. The highest BCUT2D eigenvalue weighted by Gasteiger charge is 2.42. The maximum absolute atomic E-state index is 13.2. The average molecular weight is 381 g/mol. The van der Waals surface area contributed by atoms with Crippen molar-refractivity contribution in [3.05, 3.63) is 69.6 Å². The number of aliphatic hydroxyl groups excluding tert-OH is 1. The number of phenols is 1. The number of rotatable bonds is 5. The number of aliphatic hydroxyl groups is 1. The number of carbonyl (C=O) groups excluding carboxylic acids is 1. The summed E-state index contributed by atoms with van der Waals surface area (Å²) in [5.41, 5.74) is 0.862. The van der Waals surface area contributed by atoms with Crippen molar-refractivity contribution in [3.63, 3.8) is 0 Å². The molecule has 0 radical (unpaired) electrons. The van der Waals surface area contributed by atoms with Gasteiger partial charge in [-0.3, -0.25) is 9.59 Å². The third-order valence-corrected chi connectivity index (χ3v) is 4.81. The number of phenolic OH excluding ortho intramolecular Hbond substituents is 1. The smallest absolute Gasteiger partial charge is 0.290 e. The van der Waals surface area contributed by atoms with Crippen LogP contribution in [0.3, 0.4) is 0 Å². The Balaban J connectivity index is 1.96. The molecule has 1 aromatic heterocycles. The first-order valence-corrected chi connectivity index (χ1v) is 9.00. The number of carbonyl (C=O) groups is 1. The second-order valence-corrected chi connectivity index (χ2v) is 6.46. The number of amides is 1. The van der Waals surface area contributed by atoms with E-state index in [4.69, 9.17) is 9.15 Å². The molecule has 0 aliphatic carbocycles. The van der Waals surface area contributed by atoms with Gasteiger partial charge in [-0.1, -0.05) is 18.2 Å². The Hall–Kier alpha value is -3.32. The van der Waals surface area contributed by atoms with Crippen LogP contribution in [0.2, 0.25) is 0 Å². The van der Waals surface area contributed by atoms with Crippen LogP contribution in [-0.4, -0.2) is 40.8 Å². The molecule has 3 aromatic rings. The topological polar surface area (TPSA) is 100 Å². The minimum atomic E-state index is -0.740. The Labute approximate surface area is 160 Å². The van der Waals surface area contributed by atoms with E-state index in [9.17, 15) is 19.8 Å². The summed E-state index contributed by atoms with van der Waals surface area (Å²) in [5, 5.41) is 19.8. The number of hydrogen-bond donors (Lipinski definition) is 2. The van der Waals surface area contributed by atoms with E-state index in [1.54, 1.807) is 43.3 Å². The number of ether oxygens (including phenoxy) is 1. The van der Waals surface area contributed by atoms with Crippen LogP contribution in [-0.2, 0) is 0 Å². The molecule has 7 nitrogen and oxygen atoms in total. The number of hydrogen-bond acceptors (Lipinski definition) is 6. The lowest BCUT2D eigenvalue weighted by molar-refractivity contribution is 0.0691. The Morgan fingerprint density at radius 2 is 1.96 bits per heavy atom. The SMILES string of the molecule is CCOc1cc([C@@H]2c3c(oc4ccccc4c3=O)C(=O)N2CCO)ccc1O. The van der Waals surface area contributed by atoms with E-state index < -0.39 is 11.9 Å². The van der Waals surface area contributed by atoms with Gasteiger partial charge in [0.05, 0.1) is 30.2 Å². The third-order valence-electron chi connectivity index (χ3n) is 4.81. The summed E-state index contributed by atoms with van der Waals surface area (Å²) in [7, 11) is 0. The molecule has 2 N–H and O–H groups in total. The average Bonchev–Trinajstić information content (AvgIpc) is 2.97. The van der Waals surface area contributed by atoms with Gasteiger partial charge in [-0.15, -0.1) is 0 Å². The first kappa shape index (κ1) is 18.1. The van der Waals surface area contributed by atoms with Crippen molar-refractivity contribution in [1.29, 1.82) is 0 Å². The predicted molar refractivity (Wildman–Crippen MR) is 102 cm³/mol. The van der Waals surface area contributed by atoms with Gasteiger partial charge in [-0.25, -0.2) is 0 Å². The Morgan fingerprint density at radius 1 is 1.18 bits per heavy atom. The number of nitrogens with zero attached hydrogens (tertiary/aromatic N) is 1. The summed E-state index contributed by atoms with van der Waals surface area (Å²) < 4.78 is 11.2. The molecular formula is C21H19NO6. The van der Waals surface area contributed by atoms with E-state index in [1.807, 2.05) is 0 Å². The first-order chi connectivity index (χ1) is 13.6. The van der Waals surface area contributed by atoms with Crippen molar-refractivity contribution < 1.29 is 24.2 Å². The van der Waals surface area contributed by atoms with Gasteiger partial charge in [-0.05, 0) is 36.8 Å². The molecule has 0 saturated carbocycles. The molecule has 1 aliphatic rings. The zero-order valence-corrected chi connectivity index (χ0v) is 15.2. The minimum absolute atomic E-state index is 0.0202. The number of para-hydroxylation sites is 1. The second kappa shape index (κ2) is 7.01. The third kappa shape index (κ3) is 2.71. The number of aromatic hydroxyl groups is 1. The molecule has 144 valence electrons. The van der Waals surface area contributed by atoms with Crippen LogP contribution >= 0.6 is 0 Å². The van der Waals surface area contributed by atoms with Crippen LogP contribution in [0.4, 0.5) is 0 Å². The lowest BCUT2D eigenvalue weighted by Gasteiger charge is -2.24. The van der Waals surface area contributed by atoms with Gasteiger partial charge >= 0.3 is 0 Å². The molecule has 1 aliphatic heterocycles. The molecule has 2 heterocycles. The summed E-state index contributed by atoms with van der Waals surface area (Å²) in [5.74, 6) is -0.249. The monoisotopic (exact) mass is 381 g/mol. The van der Waals surface area contributed by atoms with Crippen LogP contribution in [0.25, 0.3) is 11.0 Å². The van der Waals surface area contributed by atoms with Gasteiger partial charge in [0.15, 0.2) is 16.9 Å². The van der Waals surface area contributed by atoms with E-state index in [0.717, 1.165) is 0 Å². The van der Waals surface area contributed by atoms with Crippen molar-refractivity contribution in [3.8, 4) is 11.5 Å². The Bertz CT molecular complexity index is 1120. The highest BCUT2D eigenvalue weighted by molar-refractivity contribution is 5.99. The molecule has 0 spiro atoms. The van der Waals surface area contributed by atoms with E-state index in [2.05, 4.69) is 0 Å². The number of fused-ring (bicyclic) bond motifs is 2. The van der Waals surface area contributed by atoms with E-state index in [1.165, 1.54) is 11.0 Å². The quantitative estimate of drug-likeness (QED) is 0.704. The predicted octanol–water partition coefficient (Wildman–Crippen LogP) is 2.43. The zero-order chi connectivity index (χ0) is 19.8. The van der Waals surface area contributed by atoms with Crippen LogP contribution in [0, 0.1) is 0 Å². The van der Waals surface area contributed by atoms with Gasteiger partial charge in [0, 0.05) is 6.54 Å². The summed E-state index contributed by atoms with van der Waals surface area (Å²) in [6, 6.07) is 10.7. The van der Waals surface area contributed by atoms with Crippen molar-refractivity contribution in [2.24, 2.45) is 0 Å². The van der Waals surface area contributed by atoms with E-state index in [-0.39, 0.29) is 41.4 Å². The van der Waals surface area contributed by atoms with Gasteiger partial charge < -0.3 is 24.3 Å². The molecule has 0 saturated heterocycles. The molecule has 0 fully saturated rings. The van der Waals surface area contributed by atoms with Crippen LogP contribution in [0.1, 0.15) is 34.6 Å². The lowest BCUT2D eigenvalue weighted by atomic mass is 9.98. The Kier molecular flexibility index (Phi) is 4.52. The molecule has 1 amide bonds. The molecule has 2 aromatic carbocycles. The van der Waals surface area contributed by atoms with Crippen molar-refractivity contribution >= 4 is 16.9 Å². The molecule has 28 heavy (non-hydrogen) atoms. The van der Waals surface area contributed by atoms with Crippen LogP contribution in [0.5, 0.6) is 11.5 Å². The molecule has 0 unspecified atom stereocenters. The first-order valence-electron chi connectivity index (χ1n) is 9.00. The summed E-state index contributed by atoms with van der Waals surface area (Å²) in [6.45, 7) is 1.92. The Morgan fingerprint density at radius 3 is 2.71 bits per heavy atom. The fraction of sp³-hybridized carbons (Fsp3) is 0.238. The summed E-state index contributed by atoms with van der Waals surface area (Å²) in [4.78, 5) is 27.5. The largest absolute Gasteiger partial charge is 0.504 e. The standard InChI is InChI=1S/C21H19NO6/c1-2-27-16-11-12(7-8-14(16)24)18-17-19(25)13-5-3-4-6-15(13)28-20(17)21(26)22(18)9-10-23/h3-8,11,18,23-24H,2,9-10H2,1H3/t18-/m1/s1. The van der Waals surface area contributed by atoms with Gasteiger partial charge in [0.2, 0.25) is 5.76 Å². The van der Waals surface area contributed by atoms with E-state index in [0.29, 0.717) is 23.1 Å². The molecule has 4 rings (SSSR count). The molecule has 1 atom stereocenters. The highest BCUT2D eigenvalue weighted by atomic mass is 16.5. The molecule has 0 bridgehead atoms. The maximum atomic E-state index is 13.2. The van der Waals surface area contributed by atoms with Crippen molar-refractivity contribution in [1.82, 2.24) is 4.90 Å². The van der Waals surface area contributed by atoms with Crippen LogP contribution < -0.4 is 10.2 Å². The fourth-order valence-electron chi connectivity index (χ4n) is 3.62. The van der Waals surface area contributed by atoms with Gasteiger partial charge in [-0.2, -0.15) is 0 Å². The summed E-state index contributed by atoms with van der Waals surface area (Å²) in [6.07, 6.45) is 0. The molecular weight excluding hydrogens is 362 g/mol. The lowest BCUT2D eigenvalue weighted by Crippen LogP contribution is -2.32. The van der Waals surface area contributed by atoms with Crippen LogP contribution in [0.15, 0.2) is 51.7 Å². The highest BCUT2D eigenvalue weighted by Crippen LogP contribution is 2.40. The van der Waals surface area contributed by atoms with Crippen molar-refractivity contribution in [2.45, 2.75) is 13.0 Å². The summed E-state index contributed by atoms with van der Waals surface area (Å²) >= 11 is 0. The maximum Gasteiger partial charge on any atom is 0.290 e. The normalized spacial score (nSPS) is 15.9. The van der Waals surface area contributed by atoms with Gasteiger partial charge in [0.1, 0.15) is 5.58 Å². The fourth-order valence-corrected chi connectivity index (χ4v) is 3.62. The second-order valence-electron chi connectivity index (χ2n) is 6.46. The van der Waals surface area contributed by atoms with E-state index >= 15 is 0 Å². The number of benzene rings is 2. The van der Waals surface area contributed by atoms with Gasteiger partial charge in [0.25, 0.3) is 5.91 Å².